The lowest BCUT2D eigenvalue weighted by atomic mass is 9.72. The van der Waals surface area contributed by atoms with Crippen LogP contribution >= 0.6 is 0 Å². The van der Waals surface area contributed by atoms with Crippen molar-refractivity contribution in [3.8, 4) is 0 Å². The molecule has 0 aliphatic heterocycles. The van der Waals surface area contributed by atoms with Gasteiger partial charge in [0.05, 0.1) is 0 Å². The molecule has 0 saturated heterocycles. The molecule has 0 amide bonds. The van der Waals surface area contributed by atoms with Crippen LogP contribution in [0.1, 0.15) is 30.9 Å². The van der Waals surface area contributed by atoms with Crippen LogP contribution in [-0.4, -0.2) is 6.54 Å². The highest BCUT2D eigenvalue weighted by molar-refractivity contribution is 5.40. The van der Waals surface area contributed by atoms with E-state index >= 15 is 0 Å². The van der Waals surface area contributed by atoms with Crippen molar-refractivity contribution in [2.45, 2.75) is 25.2 Å². The normalized spacial score (nSPS) is 11.9. The van der Waals surface area contributed by atoms with Crippen molar-refractivity contribution < 1.29 is 0 Å². The molecule has 0 aromatic heterocycles. The van der Waals surface area contributed by atoms with E-state index in [0.29, 0.717) is 6.54 Å². The summed E-state index contributed by atoms with van der Waals surface area (Å²) in [7, 11) is 0. The van der Waals surface area contributed by atoms with Crippen LogP contribution in [0.5, 0.6) is 0 Å². The Hall–Kier alpha value is -1.86. The standard InChI is InChI=1S/C19H23N/c1-2-3-10-15-19(16-20,17-11-6-4-7-12-17)18-13-8-5-9-14-18/h3-14H,2,15-16,20H2,1H3/b10-3+. The number of hydrogen-bond acceptors (Lipinski definition) is 1. The summed E-state index contributed by atoms with van der Waals surface area (Å²) in [6.07, 6.45) is 6.47. The monoisotopic (exact) mass is 265 g/mol. The van der Waals surface area contributed by atoms with Crippen molar-refractivity contribution in [1.82, 2.24) is 0 Å². The van der Waals surface area contributed by atoms with Gasteiger partial charge in [-0.25, -0.2) is 0 Å². The molecule has 0 saturated carbocycles. The highest BCUT2D eigenvalue weighted by Gasteiger charge is 2.31. The summed E-state index contributed by atoms with van der Waals surface area (Å²) >= 11 is 0. The number of rotatable bonds is 6. The molecule has 2 rings (SSSR count). The van der Waals surface area contributed by atoms with Gasteiger partial charge in [-0.1, -0.05) is 79.7 Å². The van der Waals surface area contributed by atoms with Gasteiger partial charge in [0.25, 0.3) is 0 Å². The van der Waals surface area contributed by atoms with Crippen LogP contribution in [0.25, 0.3) is 0 Å². The second-order valence-corrected chi connectivity index (χ2v) is 5.10. The van der Waals surface area contributed by atoms with E-state index in [-0.39, 0.29) is 5.41 Å². The van der Waals surface area contributed by atoms with Gasteiger partial charge in [0.15, 0.2) is 0 Å². The maximum Gasteiger partial charge on any atom is 0.0359 e. The van der Waals surface area contributed by atoms with Gasteiger partial charge in [0, 0.05) is 12.0 Å². The third-order valence-corrected chi connectivity index (χ3v) is 3.87. The first-order chi connectivity index (χ1) is 9.83. The zero-order chi connectivity index (χ0) is 14.3. The predicted octanol–water partition coefficient (Wildman–Crippen LogP) is 4.29. The lowest BCUT2D eigenvalue weighted by Gasteiger charge is -2.33. The highest BCUT2D eigenvalue weighted by atomic mass is 14.6. The molecule has 2 aromatic carbocycles. The Kier molecular flexibility index (Phi) is 5.14. The molecule has 0 fully saturated rings. The van der Waals surface area contributed by atoms with Crippen LogP contribution in [0.4, 0.5) is 0 Å². The molecule has 0 spiro atoms. The van der Waals surface area contributed by atoms with Crippen LogP contribution in [0.3, 0.4) is 0 Å². The van der Waals surface area contributed by atoms with E-state index in [9.17, 15) is 0 Å². The van der Waals surface area contributed by atoms with E-state index in [1.165, 1.54) is 11.1 Å². The fraction of sp³-hybridized carbons (Fsp3) is 0.263. The zero-order valence-corrected chi connectivity index (χ0v) is 12.1. The van der Waals surface area contributed by atoms with Gasteiger partial charge in [0.1, 0.15) is 0 Å². The Morgan fingerprint density at radius 2 is 1.35 bits per heavy atom. The lowest BCUT2D eigenvalue weighted by Crippen LogP contribution is -2.36. The van der Waals surface area contributed by atoms with Crippen LogP contribution in [0, 0.1) is 0 Å². The van der Waals surface area contributed by atoms with Crippen molar-refractivity contribution in [3.05, 3.63) is 83.9 Å². The summed E-state index contributed by atoms with van der Waals surface area (Å²) in [6, 6.07) is 21.2. The minimum absolute atomic E-state index is 0.131. The number of benzene rings is 2. The minimum Gasteiger partial charge on any atom is -0.329 e. The molecule has 1 nitrogen and oxygen atoms in total. The molecular weight excluding hydrogens is 242 g/mol. The summed E-state index contributed by atoms with van der Waals surface area (Å²) in [4.78, 5) is 0. The maximum atomic E-state index is 6.22. The van der Waals surface area contributed by atoms with E-state index in [4.69, 9.17) is 5.73 Å². The van der Waals surface area contributed by atoms with E-state index in [1.54, 1.807) is 0 Å². The number of hydrogen-bond donors (Lipinski definition) is 1. The summed E-state index contributed by atoms with van der Waals surface area (Å²) in [5, 5.41) is 0. The van der Waals surface area contributed by atoms with Crippen LogP contribution in [0.2, 0.25) is 0 Å². The van der Waals surface area contributed by atoms with E-state index in [0.717, 1.165) is 12.8 Å². The predicted molar refractivity (Wildman–Crippen MR) is 86.8 cm³/mol. The third kappa shape index (κ3) is 3.00. The molecule has 0 atom stereocenters. The second-order valence-electron chi connectivity index (χ2n) is 5.10. The Labute approximate surface area is 122 Å². The third-order valence-electron chi connectivity index (χ3n) is 3.87. The fourth-order valence-corrected chi connectivity index (χ4v) is 2.69. The van der Waals surface area contributed by atoms with E-state index < -0.39 is 0 Å². The number of nitrogens with two attached hydrogens (primary N) is 1. The Bertz CT molecular complexity index is 489. The van der Waals surface area contributed by atoms with Crippen LogP contribution < -0.4 is 5.73 Å². The molecule has 1 heteroatoms. The SMILES string of the molecule is CC/C=C/CC(CN)(c1ccccc1)c1ccccc1. The summed E-state index contributed by atoms with van der Waals surface area (Å²) in [5.74, 6) is 0. The maximum absolute atomic E-state index is 6.22. The molecule has 2 N–H and O–H groups in total. The van der Waals surface area contributed by atoms with Crippen LogP contribution in [0.15, 0.2) is 72.8 Å². The van der Waals surface area contributed by atoms with E-state index in [2.05, 4.69) is 79.7 Å². The first-order valence-corrected chi connectivity index (χ1v) is 7.29. The van der Waals surface area contributed by atoms with Gasteiger partial charge >= 0.3 is 0 Å². The molecule has 0 aliphatic carbocycles. The van der Waals surface area contributed by atoms with Crippen molar-refractivity contribution in [2.24, 2.45) is 5.73 Å². The van der Waals surface area contributed by atoms with Gasteiger partial charge in [-0.15, -0.1) is 0 Å². The highest BCUT2D eigenvalue weighted by Crippen LogP contribution is 2.35. The quantitative estimate of drug-likeness (QED) is 0.775. The fourth-order valence-electron chi connectivity index (χ4n) is 2.69. The van der Waals surface area contributed by atoms with Gasteiger partial charge < -0.3 is 5.73 Å². The van der Waals surface area contributed by atoms with Crippen LogP contribution in [-0.2, 0) is 5.41 Å². The van der Waals surface area contributed by atoms with E-state index in [1.807, 2.05) is 0 Å². The Morgan fingerprint density at radius 3 is 1.75 bits per heavy atom. The summed E-state index contributed by atoms with van der Waals surface area (Å²) < 4.78 is 0. The zero-order valence-electron chi connectivity index (χ0n) is 12.1. The van der Waals surface area contributed by atoms with Crippen molar-refractivity contribution in [1.29, 1.82) is 0 Å². The first kappa shape index (κ1) is 14.5. The number of allylic oxidation sites excluding steroid dienone is 2. The average molecular weight is 265 g/mol. The minimum atomic E-state index is -0.131. The Balaban J connectivity index is 2.49. The topological polar surface area (TPSA) is 26.0 Å². The molecule has 0 unspecified atom stereocenters. The molecule has 0 heterocycles. The largest absolute Gasteiger partial charge is 0.329 e. The Morgan fingerprint density at radius 1 is 0.850 bits per heavy atom. The van der Waals surface area contributed by atoms with Crippen molar-refractivity contribution in [2.75, 3.05) is 6.54 Å². The molecule has 0 bridgehead atoms. The second kappa shape index (κ2) is 7.06. The summed E-state index contributed by atoms with van der Waals surface area (Å²) in [5.41, 5.74) is 8.66. The van der Waals surface area contributed by atoms with Crippen molar-refractivity contribution >= 4 is 0 Å². The molecule has 2 aromatic rings. The molecule has 0 radical (unpaired) electrons. The van der Waals surface area contributed by atoms with Gasteiger partial charge in [-0.3, -0.25) is 0 Å². The van der Waals surface area contributed by atoms with Gasteiger partial charge in [-0.05, 0) is 24.0 Å². The average Bonchev–Trinajstić information content (AvgIpc) is 2.54. The molecule has 104 valence electrons. The molecular formula is C19H23N. The molecule has 0 aliphatic rings. The first-order valence-electron chi connectivity index (χ1n) is 7.29. The van der Waals surface area contributed by atoms with Crippen molar-refractivity contribution in [3.63, 3.8) is 0 Å². The smallest absolute Gasteiger partial charge is 0.0359 e. The van der Waals surface area contributed by atoms with Gasteiger partial charge in [-0.2, -0.15) is 0 Å². The van der Waals surface area contributed by atoms with Gasteiger partial charge in [0.2, 0.25) is 0 Å². The lowest BCUT2D eigenvalue weighted by molar-refractivity contribution is 0.532. The molecule has 20 heavy (non-hydrogen) atoms. The summed E-state index contributed by atoms with van der Waals surface area (Å²) in [6.45, 7) is 2.76.